The summed E-state index contributed by atoms with van der Waals surface area (Å²) in [5.74, 6) is -1.08. The number of esters is 1. The van der Waals surface area contributed by atoms with Gasteiger partial charge in [-0.25, -0.2) is 4.98 Å². The zero-order chi connectivity index (χ0) is 18.5. The number of hydrogen-bond donors (Lipinski definition) is 1. The van der Waals surface area contributed by atoms with Crippen LogP contribution in [0.5, 0.6) is 0 Å². The second-order valence-corrected chi connectivity index (χ2v) is 8.21. The second-order valence-electron chi connectivity index (χ2n) is 5.95. The van der Waals surface area contributed by atoms with Gasteiger partial charge in [0, 0.05) is 19.0 Å². The Morgan fingerprint density at radius 3 is 2.69 bits per heavy atom. The third kappa shape index (κ3) is 4.73. The van der Waals surface area contributed by atoms with Crippen LogP contribution in [0.4, 0.5) is 0 Å². The van der Waals surface area contributed by atoms with E-state index in [9.17, 15) is 14.4 Å². The number of nitrogens with two attached hydrogens (primary N) is 1. The molecule has 9 heteroatoms. The van der Waals surface area contributed by atoms with Crippen molar-refractivity contribution < 1.29 is 19.1 Å². The number of aromatic nitrogens is 1. The molecule has 7 nitrogen and oxygen atoms in total. The number of fused-ring (bicyclic) bond motifs is 1. The number of likely N-dealkylation sites (tertiary alicyclic amines) is 1. The van der Waals surface area contributed by atoms with E-state index in [0.29, 0.717) is 25.9 Å². The molecule has 138 valence electrons. The van der Waals surface area contributed by atoms with Crippen molar-refractivity contribution in [1.82, 2.24) is 9.88 Å². The Morgan fingerprint density at radius 1 is 1.27 bits per heavy atom. The van der Waals surface area contributed by atoms with Crippen LogP contribution < -0.4 is 5.73 Å². The van der Waals surface area contributed by atoms with Crippen molar-refractivity contribution in [2.45, 2.75) is 17.2 Å². The van der Waals surface area contributed by atoms with Crippen molar-refractivity contribution in [3.05, 3.63) is 24.3 Å². The van der Waals surface area contributed by atoms with Crippen LogP contribution in [0.15, 0.2) is 28.6 Å². The third-order valence-corrected chi connectivity index (χ3v) is 6.35. The van der Waals surface area contributed by atoms with Gasteiger partial charge in [-0.1, -0.05) is 23.9 Å². The van der Waals surface area contributed by atoms with E-state index in [1.807, 2.05) is 24.3 Å². The highest BCUT2D eigenvalue weighted by molar-refractivity contribution is 8.01. The molecule has 1 aliphatic rings. The van der Waals surface area contributed by atoms with E-state index in [-0.39, 0.29) is 30.1 Å². The molecule has 2 amide bonds. The third-order valence-electron chi connectivity index (χ3n) is 4.19. The van der Waals surface area contributed by atoms with E-state index >= 15 is 0 Å². The Balaban J connectivity index is 1.40. The van der Waals surface area contributed by atoms with Gasteiger partial charge < -0.3 is 15.4 Å². The fraction of sp³-hybridized carbons (Fsp3) is 0.412. The number of thiazole rings is 1. The Bertz CT molecular complexity index is 782. The molecule has 0 bridgehead atoms. The Morgan fingerprint density at radius 2 is 2.00 bits per heavy atom. The topological polar surface area (TPSA) is 103 Å². The first-order valence-electron chi connectivity index (χ1n) is 8.24. The average molecular weight is 393 g/mol. The molecule has 0 saturated carbocycles. The lowest BCUT2D eigenvalue weighted by molar-refractivity contribution is -0.150. The van der Waals surface area contributed by atoms with Crippen LogP contribution >= 0.6 is 23.1 Å². The van der Waals surface area contributed by atoms with Gasteiger partial charge in [0.1, 0.15) is 0 Å². The summed E-state index contributed by atoms with van der Waals surface area (Å²) in [4.78, 5) is 41.1. The number of hydrogen-bond acceptors (Lipinski definition) is 7. The summed E-state index contributed by atoms with van der Waals surface area (Å²) < 4.78 is 6.92. The molecular weight excluding hydrogens is 374 g/mol. The van der Waals surface area contributed by atoms with E-state index in [1.54, 1.807) is 4.90 Å². The van der Waals surface area contributed by atoms with Crippen LogP contribution in [-0.4, -0.2) is 53.1 Å². The quantitative estimate of drug-likeness (QED) is 0.591. The first kappa shape index (κ1) is 18.7. The van der Waals surface area contributed by atoms with Gasteiger partial charge in [0.05, 0.1) is 16.0 Å². The molecule has 0 aliphatic carbocycles. The maximum Gasteiger partial charge on any atom is 0.316 e. The van der Waals surface area contributed by atoms with Gasteiger partial charge in [0.2, 0.25) is 5.91 Å². The molecule has 0 unspecified atom stereocenters. The minimum atomic E-state index is -0.449. The summed E-state index contributed by atoms with van der Waals surface area (Å²) in [5.41, 5.74) is 6.18. The molecule has 2 aromatic rings. The molecule has 2 heterocycles. The number of carbonyl (C=O) groups excluding carboxylic acids is 3. The van der Waals surface area contributed by atoms with E-state index in [2.05, 4.69) is 4.98 Å². The number of para-hydroxylation sites is 1. The number of benzene rings is 1. The van der Waals surface area contributed by atoms with Crippen LogP contribution in [0.2, 0.25) is 0 Å². The Kier molecular flexibility index (Phi) is 6.10. The van der Waals surface area contributed by atoms with Gasteiger partial charge in [-0.3, -0.25) is 14.4 Å². The predicted octanol–water partition coefficient (Wildman–Crippen LogP) is 1.66. The van der Waals surface area contributed by atoms with Gasteiger partial charge in [0.25, 0.3) is 5.91 Å². The zero-order valence-electron chi connectivity index (χ0n) is 14.1. The molecule has 3 rings (SSSR count). The largest absolute Gasteiger partial charge is 0.455 e. The van der Waals surface area contributed by atoms with Crippen molar-refractivity contribution in [3.63, 3.8) is 0 Å². The van der Waals surface area contributed by atoms with E-state index in [0.717, 1.165) is 14.6 Å². The van der Waals surface area contributed by atoms with Crippen molar-refractivity contribution in [2.75, 3.05) is 25.4 Å². The number of ether oxygens (including phenoxy) is 1. The lowest BCUT2D eigenvalue weighted by Crippen LogP contribution is -2.43. The van der Waals surface area contributed by atoms with Crippen LogP contribution in [0.25, 0.3) is 10.2 Å². The summed E-state index contributed by atoms with van der Waals surface area (Å²) in [6.45, 7) is 0.648. The number of thioether (sulfide) groups is 1. The van der Waals surface area contributed by atoms with Gasteiger partial charge in [-0.05, 0) is 25.0 Å². The van der Waals surface area contributed by atoms with Gasteiger partial charge in [-0.2, -0.15) is 0 Å². The maximum atomic E-state index is 12.1. The lowest BCUT2D eigenvalue weighted by atomic mass is 9.96. The number of carbonyl (C=O) groups is 3. The van der Waals surface area contributed by atoms with Crippen LogP contribution in [0, 0.1) is 5.92 Å². The molecule has 1 saturated heterocycles. The summed E-state index contributed by atoms with van der Waals surface area (Å²) in [7, 11) is 0. The van der Waals surface area contributed by atoms with Crippen molar-refractivity contribution in [1.29, 1.82) is 0 Å². The number of primary amides is 1. The molecule has 0 radical (unpaired) electrons. The summed E-state index contributed by atoms with van der Waals surface area (Å²) >= 11 is 2.82. The number of nitrogens with zero attached hydrogens (tertiary/aromatic N) is 2. The number of rotatable bonds is 6. The molecular formula is C17H19N3O4S2. The van der Waals surface area contributed by atoms with E-state index < -0.39 is 5.97 Å². The van der Waals surface area contributed by atoms with Gasteiger partial charge in [0.15, 0.2) is 10.9 Å². The average Bonchev–Trinajstić information content (AvgIpc) is 3.07. The minimum Gasteiger partial charge on any atom is -0.455 e. The Labute approximate surface area is 158 Å². The SMILES string of the molecule is NC(=O)C1CCN(C(=O)COC(=O)CSc2nc3ccccc3s2)CC1. The standard InChI is InChI=1S/C17H19N3O4S2/c18-16(23)11-5-7-20(8-6-11)14(21)9-24-15(22)10-25-17-19-12-3-1-2-4-13(12)26-17/h1-4,11H,5-10H2,(H2,18,23). The molecule has 0 spiro atoms. The first-order chi connectivity index (χ1) is 12.5. The highest BCUT2D eigenvalue weighted by atomic mass is 32.2. The summed E-state index contributed by atoms with van der Waals surface area (Å²) in [6.07, 6.45) is 1.12. The number of piperidine rings is 1. The molecule has 26 heavy (non-hydrogen) atoms. The van der Waals surface area contributed by atoms with Crippen molar-refractivity contribution in [2.24, 2.45) is 11.7 Å². The Hall–Kier alpha value is -2.13. The highest BCUT2D eigenvalue weighted by Crippen LogP contribution is 2.29. The van der Waals surface area contributed by atoms with Crippen molar-refractivity contribution >= 4 is 51.1 Å². The van der Waals surface area contributed by atoms with E-state index in [4.69, 9.17) is 10.5 Å². The predicted molar refractivity (Wildman–Crippen MR) is 99.8 cm³/mol. The summed E-state index contributed by atoms with van der Waals surface area (Å²) in [6, 6.07) is 7.77. The molecule has 1 aromatic carbocycles. The van der Waals surface area contributed by atoms with E-state index in [1.165, 1.54) is 23.1 Å². The second kappa shape index (κ2) is 8.50. The molecule has 1 aliphatic heterocycles. The molecule has 1 aromatic heterocycles. The molecule has 2 N–H and O–H groups in total. The number of amides is 2. The molecule has 1 fully saturated rings. The minimum absolute atomic E-state index is 0.108. The first-order valence-corrected chi connectivity index (χ1v) is 10.0. The smallest absolute Gasteiger partial charge is 0.316 e. The maximum absolute atomic E-state index is 12.1. The van der Waals surface area contributed by atoms with Gasteiger partial charge in [-0.15, -0.1) is 11.3 Å². The summed E-state index contributed by atoms with van der Waals surface area (Å²) in [5, 5.41) is 0. The highest BCUT2D eigenvalue weighted by Gasteiger charge is 2.26. The lowest BCUT2D eigenvalue weighted by Gasteiger charge is -2.30. The van der Waals surface area contributed by atoms with Crippen LogP contribution in [0.3, 0.4) is 0 Å². The fourth-order valence-electron chi connectivity index (χ4n) is 2.72. The monoisotopic (exact) mass is 393 g/mol. The zero-order valence-corrected chi connectivity index (χ0v) is 15.7. The molecule has 0 atom stereocenters. The van der Waals surface area contributed by atoms with Crippen molar-refractivity contribution in [3.8, 4) is 0 Å². The van der Waals surface area contributed by atoms with Gasteiger partial charge >= 0.3 is 5.97 Å². The van der Waals surface area contributed by atoms with Crippen LogP contribution in [-0.2, 0) is 19.1 Å². The van der Waals surface area contributed by atoms with Crippen LogP contribution in [0.1, 0.15) is 12.8 Å². The fourth-order valence-corrected chi connectivity index (χ4v) is 4.59. The normalized spacial score (nSPS) is 15.2.